The minimum atomic E-state index is -0.768. The van der Waals surface area contributed by atoms with Gasteiger partial charge in [-0.2, -0.15) is 0 Å². The Balaban J connectivity index is 1.57. The van der Waals surface area contributed by atoms with Crippen molar-refractivity contribution in [2.75, 3.05) is 0 Å². The van der Waals surface area contributed by atoms with Crippen molar-refractivity contribution in [3.8, 4) is 5.69 Å². The first-order valence-electron chi connectivity index (χ1n) is 10.6. The number of nitrogens with zero attached hydrogens (tertiary/aromatic N) is 2. The quantitative estimate of drug-likeness (QED) is 0.295. The van der Waals surface area contributed by atoms with Crippen LogP contribution < -0.4 is 5.32 Å². The molecule has 1 N–H and O–H groups in total. The van der Waals surface area contributed by atoms with E-state index in [0.717, 1.165) is 42.8 Å². The molecule has 0 aliphatic carbocycles. The summed E-state index contributed by atoms with van der Waals surface area (Å²) in [6, 6.07) is 16.6. The zero-order valence-corrected chi connectivity index (χ0v) is 20.0. The van der Waals surface area contributed by atoms with E-state index in [1.54, 1.807) is 18.2 Å². The second-order valence-electron chi connectivity index (χ2n) is 8.06. The summed E-state index contributed by atoms with van der Waals surface area (Å²) >= 11 is 3.62. The number of rotatable bonds is 4. The standard InChI is InChI=1S/C26H20BrN3O4/c1-15-12-17(16(2)30(15)23-10-9-22(27)19-7-3-4-8-20(19)23)13-21-24(31)28-26(33)29(25(21)32)14-18-6-5-11-34-18/h3-13H,14H2,1-2H3,(H,28,31,33). The predicted octanol–water partition coefficient (Wildman–Crippen LogP) is 5.26. The van der Waals surface area contributed by atoms with Gasteiger partial charge in [0.1, 0.15) is 11.3 Å². The maximum Gasteiger partial charge on any atom is 0.331 e. The summed E-state index contributed by atoms with van der Waals surface area (Å²) in [7, 11) is 0. The Morgan fingerprint density at radius 3 is 2.50 bits per heavy atom. The highest BCUT2D eigenvalue weighted by molar-refractivity contribution is 9.10. The third-order valence-corrected chi connectivity index (χ3v) is 6.63. The molecule has 0 bridgehead atoms. The number of carbonyl (C=O) groups is 3. The van der Waals surface area contributed by atoms with Crippen molar-refractivity contribution in [2.24, 2.45) is 0 Å². The van der Waals surface area contributed by atoms with E-state index in [9.17, 15) is 14.4 Å². The fraction of sp³-hybridized carbons (Fsp3) is 0.115. The number of hydrogen-bond donors (Lipinski definition) is 1. The first kappa shape index (κ1) is 21.9. The van der Waals surface area contributed by atoms with Crippen LogP contribution >= 0.6 is 15.9 Å². The monoisotopic (exact) mass is 517 g/mol. The minimum absolute atomic E-state index is 0.0633. The molecule has 4 amide bonds. The first-order valence-corrected chi connectivity index (χ1v) is 11.4. The number of halogens is 1. The van der Waals surface area contributed by atoms with Gasteiger partial charge in [-0.3, -0.25) is 19.8 Å². The number of carbonyl (C=O) groups excluding carboxylic acids is 3. The van der Waals surface area contributed by atoms with Crippen LogP contribution in [0.15, 0.2) is 75.3 Å². The third-order valence-electron chi connectivity index (χ3n) is 5.94. The van der Waals surface area contributed by atoms with Crippen LogP contribution in [-0.4, -0.2) is 27.3 Å². The Bertz CT molecular complexity index is 1500. The van der Waals surface area contributed by atoms with Crippen molar-refractivity contribution in [1.82, 2.24) is 14.8 Å². The van der Waals surface area contributed by atoms with Gasteiger partial charge in [0.05, 0.1) is 18.5 Å². The Morgan fingerprint density at radius 1 is 1.00 bits per heavy atom. The van der Waals surface area contributed by atoms with Crippen LogP contribution in [0.3, 0.4) is 0 Å². The number of imide groups is 2. The molecule has 8 heteroatoms. The van der Waals surface area contributed by atoms with Crippen LogP contribution in [0.25, 0.3) is 22.5 Å². The number of barbiturate groups is 1. The van der Waals surface area contributed by atoms with E-state index in [4.69, 9.17) is 4.42 Å². The molecule has 0 spiro atoms. The van der Waals surface area contributed by atoms with Gasteiger partial charge in [-0.05, 0) is 61.2 Å². The van der Waals surface area contributed by atoms with Crippen molar-refractivity contribution < 1.29 is 18.8 Å². The van der Waals surface area contributed by atoms with E-state index in [1.807, 2.05) is 44.2 Å². The number of aryl methyl sites for hydroxylation is 1. The average molecular weight is 518 g/mol. The maximum atomic E-state index is 13.1. The molecule has 3 heterocycles. The van der Waals surface area contributed by atoms with E-state index in [1.165, 1.54) is 6.26 Å². The number of hydrogen-bond acceptors (Lipinski definition) is 4. The van der Waals surface area contributed by atoms with E-state index >= 15 is 0 Å². The predicted molar refractivity (Wildman–Crippen MR) is 131 cm³/mol. The van der Waals surface area contributed by atoms with Crippen molar-refractivity contribution in [1.29, 1.82) is 0 Å². The molecule has 2 aromatic carbocycles. The van der Waals surface area contributed by atoms with Gasteiger partial charge in [0.15, 0.2) is 0 Å². The molecule has 1 saturated heterocycles. The molecule has 7 nitrogen and oxygen atoms in total. The Labute approximate surface area is 203 Å². The van der Waals surface area contributed by atoms with Gasteiger partial charge in [0, 0.05) is 21.2 Å². The number of amides is 4. The van der Waals surface area contributed by atoms with Gasteiger partial charge in [-0.1, -0.05) is 40.2 Å². The number of benzene rings is 2. The molecule has 0 radical (unpaired) electrons. The molecule has 1 aliphatic rings. The van der Waals surface area contributed by atoms with Crippen molar-refractivity contribution in [2.45, 2.75) is 20.4 Å². The van der Waals surface area contributed by atoms with Gasteiger partial charge in [-0.15, -0.1) is 0 Å². The Morgan fingerprint density at radius 2 is 1.76 bits per heavy atom. The molecule has 2 aromatic heterocycles. The van der Waals surface area contributed by atoms with Crippen LogP contribution in [0, 0.1) is 13.8 Å². The molecule has 1 aliphatic heterocycles. The number of fused-ring (bicyclic) bond motifs is 1. The zero-order valence-electron chi connectivity index (χ0n) is 18.5. The highest BCUT2D eigenvalue weighted by Crippen LogP contribution is 2.32. The van der Waals surface area contributed by atoms with Gasteiger partial charge < -0.3 is 8.98 Å². The van der Waals surface area contributed by atoms with Crippen LogP contribution in [0.2, 0.25) is 0 Å². The van der Waals surface area contributed by atoms with Crippen LogP contribution in [0.5, 0.6) is 0 Å². The maximum absolute atomic E-state index is 13.1. The summed E-state index contributed by atoms with van der Waals surface area (Å²) < 4.78 is 8.36. The van der Waals surface area contributed by atoms with E-state index in [2.05, 4.69) is 37.9 Å². The second-order valence-corrected chi connectivity index (χ2v) is 8.92. The molecule has 4 aromatic rings. The smallest absolute Gasteiger partial charge is 0.331 e. The van der Waals surface area contributed by atoms with Crippen LogP contribution in [-0.2, 0) is 16.1 Å². The van der Waals surface area contributed by atoms with Crippen LogP contribution in [0.4, 0.5) is 4.79 Å². The Hall–Kier alpha value is -3.91. The summed E-state index contributed by atoms with van der Waals surface area (Å²) in [6.07, 6.45) is 3.00. The average Bonchev–Trinajstić information content (AvgIpc) is 3.43. The SMILES string of the molecule is Cc1cc(C=C2C(=O)NC(=O)N(Cc3ccco3)C2=O)c(C)n1-c1ccc(Br)c2ccccc12. The van der Waals surface area contributed by atoms with Crippen molar-refractivity contribution in [3.05, 3.63) is 93.6 Å². The zero-order chi connectivity index (χ0) is 24.0. The Kier molecular flexibility index (Phi) is 5.45. The highest BCUT2D eigenvalue weighted by Gasteiger charge is 2.36. The van der Waals surface area contributed by atoms with Gasteiger partial charge in [0.2, 0.25) is 0 Å². The molecule has 170 valence electrons. The number of furan rings is 1. The summed E-state index contributed by atoms with van der Waals surface area (Å²) in [4.78, 5) is 38.9. The van der Waals surface area contributed by atoms with E-state index in [-0.39, 0.29) is 12.1 Å². The number of urea groups is 1. The summed E-state index contributed by atoms with van der Waals surface area (Å²) in [5.74, 6) is -0.939. The second kappa shape index (κ2) is 8.46. The van der Waals surface area contributed by atoms with Crippen molar-refractivity contribution >= 4 is 50.6 Å². The largest absolute Gasteiger partial charge is 0.467 e. The lowest BCUT2D eigenvalue weighted by atomic mass is 10.1. The molecule has 1 fully saturated rings. The minimum Gasteiger partial charge on any atom is -0.467 e. The topological polar surface area (TPSA) is 84.6 Å². The lowest BCUT2D eigenvalue weighted by Gasteiger charge is -2.25. The van der Waals surface area contributed by atoms with Gasteiger partial charge in [-0.25, -0.2) is 4.79 Å². The summed E-state index contributed by atoms with van der Waals surface area (Å²) in [5, 5.41) is 4.40. The molecule has 34 heavy (non-hydrogen) atoms. The van der Waals surface area contributed by atoms with E-state index < -0.39 is 17.8 Å². The molecular weight excluding hydrogens is 498 g/mol. The lowest BCUT2D eigenvalue weighted by molar-refractivity contribution is -0.130. The normalized spacial score (nSPS) is 15.4. The fourth-order valence-electron chi connectivity index (χ4n) is 4.30. The molecule has 0 saturated carbocycles. The highest BCUT2D eigenvalue weighted by atomic mass is 79.9. The summed E-state index contributed by atoms with van der Waals surface area (Å²) in [6.45, 7) is 3.85. The molecule has 0 unspecified atom stereocenters. The summed E-state index contributed by atoms with van der Waals surface area (Å²) in [5.41, 5.74) is 3.42. The molecule has 0 atom stereocenters. The lowest BCUT2D eigenvalue weighted by Crippen LogP contribution is -2.53. The van der Waals surface area contributed by atoms with E-state index in [0.29, 0.717) is 5.76 Å². The van der Waals surface area contributed by atoms with Crippen LogP contribution in [0.1, 0.15) is 22.7 Å². The molecule has 5 rings (SSSR count). The number of aromatic nitrogens is 1. The van der Waals surface area contributed by atoms with Gasteiger partial charge >= 0.3 is 6.03 Å². The molecular formula is C26H20BrN3O4. The third kappa shape index (κ3) is 3.66. The number of nitrogens with one attached hydrogen (secondary N) is 1. The fourth-order valence-corrected chi connectivity index (χ4v) is 4.78. The van der Waals surface area contributed by atoms with Gasteiger partial charge in [0.25, 0.3) is 11.8 Å². The van der Waals surface area contributed by atoms with Crippen molar-refractivity contribution in [3.63, 3.8) is 0 Å². The first-order chi connectivity index (χ1) is 16.3.